The molecular formula is C18H30N2. The van der Waals surface area contributed by atoms with Gasteiger partial charge in [0.05, 0.1) is 0 Å². The monoisotopic (exact) mass is 274 g/mol. The average Bonchev–Trinajstić information content (AvgIpc) is 2.37. The highest BCUT2D eigenvalue weighted by Crippen LogP contribution is 2.27. The molecule has 0 saturated heterocycles. The Hall–Kier alpha value is -1.02. The molecule has 20 heavy (non-hydrogen) atoms. The highest BCUT2D eigenvalue weighted by molar-refractivity contribution is 5.56. The molecule has 0 radical (unpaired) electrons. The summed E-state index contributed by atoms with van der Waals surface area (Å²) >= 11 is 0. The van der Waals surface area contributed by atoms with Gasteiger partial charge in [0, 0.05) is 25.8 Å². The van der Waals surface area contributed by atoms with Crippen LogP contribution in [0.2, 0.25) is 0 Å². The van der Waals surface area contributed by atoms with Gasteiger partial charge in [-0.3, -0.25) is 0 Å². The Balaban J connectivity index is 1.91. The van der Waals surface area contributed by atoms with Crippen molar-refractivity contribution in [2.24, 2.45) is 11.3 Å². The van der Waals surface area contributed by atoms with Crippen LogP contribution in [0.25, 0.3) is 0 Å². The Morgan fingerprint density at radius 2 is 2.05 bits per heavy atom. The fourth-order valence-corrected chi connectivity index (χ4v) is 2.69. The van der Waals surface area contributed by atoms with Gasteiger partial charge in [0.15, 0.2) is 0 Å². The van der Waals surface area contributed by atoms with Crippen LogP contribution in [0.15, 0.2) is 18.2 Å². The largest absolute Gasteiger partial charge is 0.374 e. The van der Waals surface area contributed by atoms with Crippen LogP contribution < -0.4 is 10.2 Å². The fourth-order valence-electron chi connectivity index (χ4n) is 2.69. The van der Waals surface area contributed by atoms with Crippen molar-refractivity contribution in [2.45, 2.75) is 47.1 Å². The maximum atomic E-state index is 3.61. The van der Waals surface area contributed by atoms with Crippen LogP contribution in [0.1, 0.15) is 45.2 Å². The summed E-state index contributed by atoms with van der Waals surface area (Å²) < 4.78 is 0. The summed E-state index contributed by atoms with van der Waals surface area (Å²) in [4.78, 5) is 2.37. The predicted octanol–water partition coefficient (Wildman–Crippen LogP) is 3.84. The van der Waals surface area contributed by atoms with E-state index in [0.717, 1.165) is 13.1 Å². The molecule has 1 aliphatic heterocycles. The predicted molar refractivity (Wildman–Crippen MR) is 88.4 cm³/mol. The standard InChI is InChI=1S/C18H30N2/c1-14(18(2,3)4)12-19-13-15-8-9-17-16(11-15)7-6-10-20(17)5/h8-9,11,14,19H,6-7,10,12-13H2,1-5H3. The Morgan fingerprint density at radius 3 is 2.75 bits per heavy atom. The topological polar surface area (TPSA) is 15.3 Å². The number of aryl methyl sites for hydroxylation is 1. The first-order valence-electron chi connectivity index (χ1n) is 7.91. The van der Waals surface area contributed by atoms with Gasteiger partial charge in [-0.05, 0) is 47.9 Å². The molecule has 0 saturated carbocycles. The lowest BCUT2D eigenvalue weighted by Crippen LogP contribution is -2.29. The number of hydrogen-bond donors (Lipinski definition) is 1. The zero-order chi connectivity index (χ0) is 14.8. The van der Waals surface area contributed by atoms with Crippen molar-refractivity contribution in [1.82, 2.24) is 5.32 Å². The zero-order valence-corrected chi connectivity index (χ0v) is 13.8. The summed E-state index contributed by atoms with van der Waals surface area (Å²) in [7, 11) is 2.20. The Labute approximate surface area is 124 Å². The summed E-state index contributed by atoms with van der Waals surface area (Å²) in [6.45, 7) is 12.5. The molecule has 112 valence electrons. The molecule has 2 nitrogen and oxygen atoms in total. The first-order chi connectivity index (χ1) is 9.38. The molecule has 1 aromatic rings. The molecule has 0 amide bonds. The third-order valence-corrected chi connectivity index (χ3v) is 4.75. The third kappa shape index (κ3) is 3.76. The van der Waals surface area contributed by atoms with Gasteiger partial charge in [0.1, 0.15) is 0 Å². The molecule has 0 aliphatic carbocycles. The molecule has 0 bridgehead atoms. The molecule has 1 aromatic carbocycles. The Bertz CT molecular complexity index is 445. The maximum Gasteiger partial charge on any atom is 0.0396 e. The highest BCUT2D eigenvalue weighted by atomic mass is 15.1. The van der Waals surface area contributed by atoms with E-state index in [2.05, 4.69) is 63.2 Å². The average molecular weight is 274 g/mol. The second-order valence-electron chi connectivity index (χ2n) is 7.39. The van der Waals surface area contributed by atoms with Gasteiger partial charge in [0.25, 0.3) is 0 Å². The molecule has 2 heteroatoms. The van der Waals surface area contributed by atoms with Crippen molar-refractivity contribution in [3.63, 3.8) is 0 Å². The summed E-state index contributed by atoms with van der Waals surface area (Å²) in [5.74, 6) is 0.686. The molecule has 0 fully saturated rings. The van der Waals surface area contributed by atoms with Crippen molar-refractivity contribution in [3.8, 4) is 0 Å². The second kappa shape index (κ2) is 6.17. The van der Waals surface area contributed by atoms with E-state index in [1.165, 1.54) is 36.2 Å². The van der Waals surface area contributed by atoms with Gasteiger partial charge in [-0.25, -0.2) is 0 Å². The first-order valence-corrected chi connectivity index (χ1v) is 7.91. The van der Waals surface area contributed by atoms with Gasteiger partial charge >= 0.3 is 0 Å². The van der Waals surface area contributed by atoms with Crippen molar-refractivity contribution in [1.29, 1.82) is 0 Å². The van der Waals surface area contributed by atoms with Gasteiger partial charge < -0.3 is 10.2 Å². The van der Waals surface area contributed by atoms with Gasteiger partial charge in [0.2, 0.25) is 0 Å². The van der Waals surface area contributed by atoms with Crippen molar-refractivity contribution in [2.75, 3.05) is 25.0 Å². The van der Waals surface area contributed by atoms with Crippen molar-refractivity contribution >= 4 is 5.69 Å². The third-order valence-electron chi connectivity index (χ3n) is 4.75. The summed E-state index contributed by atoms with van der Waals surface area (Å²) in [6.07, 6.45) is 2.51. The van der Waals surface area contributed by atoms with Crippen LogP contribution in [0, 0.1) is 11.3 Å². The summed E-state index contributed by atoms with van der Waals surface area (Å²) in [6, 6.07) is 6.95. The van der Waals surface area contributed by atoms with E-state index < -0.39 is 0 Å². The number of benzene rings is 1. The van der Waals surface area contributed by atoms with E-state index in [-0.39, 0.29) is 0 Å². The molecule has 1 atom stereocenters. The number of fused-ring (bicyclic) bond motifs is 1. The van der Waals surface area contributed by atoms with Gasteiger partial charge in [-0.1, -0.05) is 39.8 Å². The minimum atomic E-state index is 0.381. The zero-order valence-electron chi connectivity index (χ0n) is 13.8. The van der Waals surface area contributed by atoms with E-state index in [4.69, 9.17) is 0 Å². The second-order valence-corrected chi connectivity index (χ2v) is 7.39. The van der Waals surface area contributed by atoms with Crippen LogP contribution in [0.5, 0.6) is 0 Å². The van der Waals surface area contributed by atoms with E-state index in [1.807, 2.05) is 0 Å². The molecule has 1 unspecified atom stereocenters. The van der Waals surface area contributed by atoms with Crippen molar-refractivity contribution in [3.05, 3.63) is 29.3 Å². The molecule has 1 aliphatic rings. The lowest BCUT2D eigenvalue weighted by Gasteiger charge is -2.28. The molecule has 0 spiro atoms. The molecule has 0 aromatic heterocycles. The molecule has 1 N–H and O–H groups in total. The SMILES string of the molecule is CC(CNCc1ccc2c(c1)CCCN2C)C(C)(C)C. The number of hydrogen-bond acceptors (Lipinski definition) is 2. The maximum absolute atomic E-state index is 3.61. The number of nitrogens with zero attached hydrogens (tertiary/aromatic N) is 1. The normalized spacial score (nSPS) is 16.9. The van der Waals surface area contributed by atoms with E-state index >= 15 is 0 Å². The lowest BCUT2D eigenvalue weighted by molar-refractivity contribution is 0.252. The smallest absolute Gasteiger partial charge is 0.0396 e. The van der Waals surface area contributed by atoms with Crippen molar-refractivity contribution < 1.29 is 0 Å². The van der Waals surface area contributed by atoms with Crippen LogP contribution in [0.4, 0.5) is 5.69 Å². The van der Waals surface area contributed by atoms with Gasteiger partial charge in [-0.15, -0.1) is 0 Å². The number of anilines is 1. The quantitative estimate of drug-likeness (QED) is 0.897. The fraction of sp³-hybridized carbons (Fsp3) is 0.667. The number of nitrogens with one attached hydrogen (secondary N) is 1. The lowest BCUT2D eigenvalue weighted by atomic mass is 9.82. The summed E-state index contributed by atoms with van der Waals surface area (Å²) in [5.41, 5.74) is 4.73. The minimum Gasteiger partial charge on any atom is -0.374 e. The summed E-state index contributed by atoms with van der Waals surface area (Å²) in [5, 5.41) is 3.61. The number of rotatable bonds is 4. The van der Waals surface area contributed by atoms with E-state index in [9.17, 15) is 0 Å². The Kier molecular flexibility index (Phi) is 4.74. The molecule has 2 rings (SSSR count). The van der Waals surface area contributed by atoms with Gasteiger partial charge in [-0.2, -0.15) is 0 Å². The van der Waals surface area contributed by atoms with Crippen LogP contribution in [-0.4, -0.2) is 20.1 Å². The van der Waals surface area contributed by atoms with Crippen LogP contribution in [-0.2, 0) is 13.0 Å². The molecular weight excluding hydrogens is 244 g/mol. The van der Waals surface area contributed by atoms with Crippen LogP contribution >= 0.6 is 0 Å². The van der Waals surface area contributed by atoms with E-state index in [0.29, 0.717) is 11.3 Å². The van der Waals surface area contributed by atoms with E-state index in [1.54, 1.807) is 0 Å². The minimum absolute atomic E-state index is 0.381. The van der Waals surface area contributed by atoms with Crippen LogP contribution in [0.3, 0.4) is 0 Å². The highest BCUT2D eigenvalue weighted by Gasteiger charge is 2.19. The Morgan fingerprint density at radius 1 is 1.30 bits per heavy atom. The first kappa shape index (κ1) is 15.4. The molecule has 1 heterocycles.